The Morgan fingerprint density at radius 2 is 1.77 bits per heavy atom. The van der Waals surface area contributed by atoms with Gasteiger partial charge in [-0.25, -0.2) is 4.98 Å². The van der Waals surface area contributed by atoms with E-state index in [-0.39, 0.29) is 11.5 Å². The van der Waals surface area contributed by atoms with Crippen molar-refractivity contribution in [2.24, 2.45) is 0 Å². The number of para-hydroxylation sites is 2. The van der Waals surface area contributed by atoms with Gasteiger partial charge in [0.2, 0.25) is 5.91 Å². The minimum Gasteiger partial charge on any atom is -0.312 e. The van der Waals surface area contributed by atoms with Crippen LogP contribution in [0.15, 0.2) is 82.1 Å². The van der Waals surface area contributed by atoms with Crippen molar-refractivity contribution in [2.45, 2.75) is 24.3 Å². The summed E-state index contributed by atoms with van der Waals surface area (Å²) >= 11 is 2.74. The predicted molar refractivity (Wildman–Crippen MR) is 125 cm³/mol. The Labute approximate surface area is 183 Å². The van der Waals surface area contributed by atoms with Gasteiger partial charge in [0.1, 0.15) is 4.83 Å². The van der Waals surface area contributed by atoms with Gasteiger partial charge < -0.3 is 4.90 Å². The summed E-state index contributed by atoms with van der Waals surface area (Å²) in [5.74, 6) is -0.0196. The quantitative estimate of drug-likeness (QED) is 0.317. The number of carbonyl (C=O) groups is 1. The largest absolute Gasteiger partial charge is 0.312 e. The second kappa shape index (κ2) is 8.85. The molecular weight excluding hydrogens is 414 g/mol. The number of fused-ring (bicyclic) bond motifs is 1. The van der Waals surface area contributed by atoms with Crippen molar-refractivity contribution in [3.63, 3.8) is 0 Å². The molecule has 2 aromatic heterocycles. The Bertz CT molecular complexity index is 1220. The smallest absolute Gasteiger partial charge is 0.267 e. The number of rotatable bonds is 6. The van der Waals surface area contributed by atoms with Crippen LogP contribution in [-0.4, -0.2) is 27.3 Å². The van der Waals surface area contributed by atoms with Crippen LogP contribution in [0.2, 0.25) is 0 Å². The van der Waals surface area contributed by atoms with Crippen LogP contribution in [0.3, 0.4) is 0 Å². The molecule has 0 saturated heterocycles. The fraction of sp³-hybridized carbons (Fsp3) is 0.174. The Morgan fingerprint density at radius 1 is 1.10 bits per heavy atom. The highest BCUT2D eigenvalue weighted by atomic mass is 32.2. The molecule has 30 heavy (non-hydrogen) atoms. The number of carbonyl (C=O) groups excluding carboxylic acids is 1. The van der Waals surface area contributed by atoms with Gasteiger partial charge in [-0.15, -0.1) is 11.3 Å². The lowest BCUT2D eigenvalue weighted by Crippen LogP contribution is -2.37. The number of benzene rings is 2. The van der Waals surface area contributed by atoms with Gasteiger partial charge in [0.05, 0.1) is 16.3 Å². The monoisotopic (exact) mass is 435 g/mol. The van der Waals surface area contributed by atoms with Crippen LogP contribution in [0.1, 0.15) is 13.8 Å². The van der Waals surface area contributed by atoms with Gasteiger partial charge in [-0.2, -0.15) is 0 Å². The zero-order chi connectivity index (χ0) is 21.1. The van der Waals surface area contributed by atoms with Gasteiger partial charge in [0, 0.05) is 12.2 Å². The maximum Gasteiger partial charge on any atom is 0.267 e. The Morgan fingerprint density at radius 3 is 2.43 bits per heavy atom. The topological polar surface area (TPSA) is 55.2 Å². The standard InChI is InChI=1S/C23H21N3O2S2/c1-3-25(17-10-6-4-7-11-17)21(27)16(2)30-23-24-20-19(14-15-29-20)22(28)26(23)18-12-8-5-9-13-18/h4-16H,3H2,1-2H3. The number of hydrogen-bond acceptors (Lipinski definition) is 5. The summed E-state index contributed by atoms with van der Waals surface area (Å²) in [4.78, 5) is 33.6. The zero-order valence-corrected chi connectivity index (χ0v) is 18.3. The predicted octanol–water partition coefficient (Wildman–Crippen LogP) is 4.98. The molecule has 0 aliphatic heterocycles. The second-order valence-electron chi connectivity index (χ2n) is 6.69. The van der Waals surface area contributed by atoms with Crippen molar-refractivity contribution < 1.29 is 4.79 Å². The number of thiophene rings is 1. The summed E-state index contributed by atoms with van der Waals surface area (Å²) in [6.07, 6.45) is 0. The molecule has 4 rings (SSSR count). The highest BCUT2D eigenvalue weighted by molar-refractivity contribution is 8.00. The van der Waals surface area contributed by atoms with Crippen LogP contribution in [-0.2, 0) is 4.79 Å². The lowest BCUT2D eigenvalue weighted by Gasteiger charge is -2.24. The van der Waals surface area contributed by atoms with Crippen LogP contribution in [0.25, 0.3) is 15.9 Å². The molecule has 4 aromatic rings. The lowest BCUT2D eigenvalue weighted by atomic mass is 10.2. The molecule has 0 saturated carbocycles. The first-order chi connectivity index (χ1) is 14.6. The van der Waals surface area contributed by atoms with Crippen molar-refractivity contribution >= 4 is 44.9 Å². The van der Waals surface area contributed by atoms with E-state index in [1.54, 1.807) is 15.5 Å². The third-order valence-electron chi connectivity index (χ3n) is 4.76. The molecule has 152 valence electrons. The molecule has 2 aromatic carbocycles. The van der Waals surface area contributed by atoms with E-state index in [0.29, 0.717) is 21.9 Å². The van der Waals surface area contributed by atoms with Crippen LogP contribution in [0.5, 0.6) is 0 Å². The number of anilines is 1. The third-order valence-corrected chi connectivity index (χ3v) is 6.61. The van der Waals surface area contributed by atoms with E-state index in [9.17, 15) is 9.59 Å². The lowest BCUT2D eigenvalue weighted by molar-refractivity contribution is -0.117. The third kappa shape index (κ3) is 3.91. The second-order valence-corrected chi connectivity index (χ2v) is 8.89. The van der Waals surface area contributed by atoms with Gasteiger partial charge >= 0.3 is 0 Å². The first-order valence-corrected chi connectivity index (χ1v) is 11.4. The molecule has 5 nitrogen and oxygen atoms in total. The summed E-state index contributed by atoms with van der Waals surface area (Å²) in [6.45, 7) is 4.38. The van der Waals surface area contributed by atoms with E-state index in [1.807, 2.05) is 79.9 Å². The Kier molecular flexibility index (Phi) is 6.01. The van der Waals surface area contributed by atoms with Gasteiger partial charge in [-0.1, -0.05) is 48.2 Å². The molecule has 2 heterocycles. The normalized spacial score (nSPS) is 12.1. The average molecular weight is 436 g/mol. The van der Waals surface area contributed by atoms with Crippen LogP contribution in [0.4, 0.5) is 5.69 Å². The molecule has 1 atom stereocenters. The van der Waals surface area contributed by atoms with E-state index in [1.165, 1.54) is 23.1 Å². The molecule has 0 bridgehead atoms. The van der Waals surface area contributed by atoms with E-state index in [2.05, 4.69) is 0 Å². The number of aromatic nitrogens is 2. The highest BCUT2D eigenvalue weighted by Crippen LogP contribution is 2.28. The van der Waals surface area contributed by atoms with E-state index in [4.69, 9.17) is 4.98 Å². The van der Waals surface area contributed by atoms with Gasteiger partial charge in [-0.05, 0) is 49.6 Å². The molecule has 0 spiro atoms. The van der Waals surface area contributed by atoms with Gasteiger partial charge in [-0.3, -0.25) is 14.2 Å². The van der Waals surface area contributed by atoms with Crippen LogP contribution < -0.4 is 10.5 Å². The minimum atomic E-state index is -0.413. The number of thioether (sulfide) groups is 1. The molecule has 0 fully saturated rings. The summed E-state index contributed by atoms with van der Waals surface area (Å²) in [5.41, 5.74) is 1.48. The summed E-state index contributed by atoms with van der Waals surface area (Å²) in [5, 5.41) is 2.56. The molecule has 1 amide bonds. The molecule has 0 aliphatic carbocycles. The SMILES string of the molecule is CCN(C(=O)C(C)Sc1nc2sccc2c(=O)n1-c1ccccc1)c1ccccc1. The number of amides is 1. The maximum absolute atomic E-state index is 13.2. The maximum atomic E-state index is 13.2. The van der Waals surface area contributed by atoms with Crippen molar-refractivity contribution in [3.05, 3.63) is 82.5 Å². The van der Waals surface area contributed by atoms with Crippen molar-refractivity contribution in [3.8, 4) is 5.69 Å². The summed E-state index contributed by atoms with van der Waals surface area (Å²) < 4.78 is 1.60. The Balaban J connectivity index is 1.73. The number of hydrogen-bond donors (Lipinski definition) is 0. The molecule has 0 N–H and O–H groups in total. The number of nitrogens with zero attached hydrogens (tertiary/aromatic N) is 3. The van der Waals surface area contributed by atoms with E-state index >= 15 is 0 Å². The molecule has 1 unspecified atom stereocenters. The fourth-order valence-corrected chi connectivity index (χ4v) is 5.07. The highest BCUT2D eigenvalue weighted by Gasteiger charge is 2.24. The molecule has 7 heteroatoms. The molecular formula is C23H21N3O2S2. The average Bonchev–Trinajstić information content (AvgIpc) is 3.25. The zero-order valence-electron chi connectivity index (χ0n) is 16.7. The summed E-state index contributed by atoms with van der Waals surface area (Å²) in [6, 6.07) is 20.8. The first-order valence-electron chi connectivity index (χ1n) is 9.69. The van der Waals surface area contributed by atoms with E-state index < -0.39 is 5.25 Å². The summed E-state index contributed by atoms with van der Waals surface area (Å²) in [7, 11) is 0. The van der Waals surface area contributed by atoms with Crippen molar-refractivity contribution in [1.29, 1.82) is 0 Å². The van der Waals surface area contributed by atoms with Gasteiger partial charge in [0.15, 0.2) is 5.16 Å². The molecule has 0 aliphatic rings. The van der Waals surface area contributed by atoms with Crippen molar-refractivity contribution in [1.82, 2.24) is 9.55 Å². The van der Waals surface area contributed by atoms with E-state index in [0.717, 1.165) is 11.4 Å². The van der Waals surface area contributed by atoms with Gasteiger partial charge in [0.25, 0.3) is 5.56 Å². The van der Waals surface area contributed by atoms with Crippen molar-refractivity contribution in [2.75, 3.05) is 11.4 Å². The van der Waals surface area contributed by atoms with Crippen LogP contribution in [0, 0.1) is 0 Å². The molecule has 0 radical (unpaired) electrons. The minimum absolute atomic E-state index is 0.0196. The Hall–Kier alpha value is -2.90. The fourth-order valence-electron chi connectivity index (χ4n) is 3.28. The first kappa shape index (κ1) is 20.4. The van der Waals surface area contributed by atoms with Crippen LogP contribution >= 0.6 is 23.1 Å².